The molecule has 1 fully saturated rings. The van der Waals surface area contributed by atoms with Gasteiger partial charge in [0.25, 0.3) is 0 Å². The summed E-state index contributed by atoms with van der Waals surface area (Å²) in [5, 5.41) is 0. The van der Waals surface area contributed by atoms with Gasteiger partial charge in [0.15, 0.2) is 0 Å². The molecular formula is C11H16O2. The molecule has 0 saturated carbocycles. The van der Waals surface area contributed by atoms with Gasteiger partial charge >= 0.3 is 0 Å². The molecule has 0 aromatic rings. The molecule has 0 spiro atoms. The largest absolute Gasteiger partial charge is 0.375 e. The van der Waals surface area contributed by atoms with Gasteiger partial charge in [-0.1, -0.05) is 18.2 Å². The normalized spacial score (nSPS) is 39.2. The molecule has 0 amide bonds. The fraction of sp³-hybridized carbons (Fsp3) is 0.636. The molecule has 0 aromatic carbocycles. The number of hydrogen-bond acceptors (Lipinski definition) is 2. The Bertz CT molecular complexity index is 210. The van der Waals surface area contributed by atoms with Gasteiger partial charge in [-0.05, 0) is 19.3 Å². The van der Waals surface area contributed by atoms with Crippen LogP contribution >= 0.6 is 0 Å². The molecule has 0 aromatic heterocycles. The number of ether oxygens (including phenoxy) is 2. The minimum Gasteiger partial charge on any atom is -0.375 e. The van der Waals surface area contributed by atoms with E-state index in [1.807, 2.05) is 6.08 Å². The first-order valence-corrected chi connectivity index (χ1v) is 4.96. The predicted molar refractivity (Wildman–Crippen MR) is 51.6 cm³/mol. The lowest BCUT2D eigenvalue weighted by molar-refractivity contribution is -0.106. The van der Waals surface area contributed by atoms with Crippen molar-refractivity contribution in [3.63, 3.8) is 0 Å². The molecule has 0 bridgehead atoms. The van der Waals surface area contributed by atoms with Crippen LogP contribution in [-0.2, 0) is 9.47 Å². The Kier molecular flexibility index (Phi) is 2.81. The summed E-state index contributed by atoms with van der Waals surface area (Å²) in [6, 6.07) is 0. The van der Waals surface area contributed by atoms with E-state index in [1.54, 1.807) is 0 Å². The van der Waals surface area contributed by atoms with Crippen LogP contribution in [0.25, 0.3) is 0 Å². The van der Waals surface area contributed by atoms with Crippen molar-refractivity contribution >= 4 is 0 Å². The van der Waals surface area contributed by atoms with Crippen molar-refractivity contribution in [2.45, 2.75) is 37.6 Å². The SMILES string of the molecule is C=C[C@@H]1C=CC[C@H]2OCCC[C@@H]2O1. The first kappa shape index (κ1) is 8.97. The first-order chi connectivity index (χ1) is 6.40. The quantitative estimate of drug-likeness (QED) is 0.575. The van der Waals surface area contributed by atoms with Gasteiger partial charge in [-0.3, -0.25) is 0 Å². The van der Waals surface area contributed by atoms with Crippen LogP contribution in [-0.4, -0.2) is 24.9 Å². The average Bonchev–Trinajstić information content (AvgIpc) is 2.38. The Hall–Kier alpha value is -0.600. The van der Waals surface area contributed by atoms with Crippen molar-refractivity contribution in [2.75, 3.05) is 6.61 Å². The lowest BCUT2D eigenvalue weighted by atomic mass is 10.0. The predicted octanol–water partition coefficient (Wildman–Crippen LogP) is 2.07. The minimum atomic E-state index is 0.0803. The van der Waals surface area contributed by atoms with Gasteiger partial charge in [-0.25, -0.2) is 0 Å². The van der Waals surface area contributed by atoms with E-state index >= 15 is 0 Å². The fourth-order valence-electron chi connectivity index (χ4n) is 1.92. The van der Waals surface area contributed by atoms with E-state index in [0.29, 0.717) is 0 Å². The van der Waals surface area contributed by atoms with Crippen LogP contribution in [0.5, 0.6) is 0 Å². The molecular weight excluding hydrogens is 164 g/mol. The molecule has 0 radical (unpaired) electrons. The molecule has 13 heavy (non-hydrogen) atoms. The molecule has 2 heterocycles. The zero-order valence-corrected chi connectivity index (χ0v) is 7.82. The van der Waals surface area contributed by atoms with Crippen LogP contribution in [0.15, 0.2) is 24.8 Å². The summed E-state index contributed by atoms with van der Waals surface area (Å²) in [6.07, 6.45) is 9.89. The molecule has 1 saturated heterocycles. The Morgan fingerprint density at radius 3 is 3.15 bits per heavy atom. The smallest absolute Gasteiger partial charge is 0.0940 e. The summed E-state index contributed by atoms with van der Waals surface area (Å²) in [7, 11) is 0. The summed E-state index contributed by atoms with van der Waals surface area (Å²) in [5.74, 6) is 0. The molecule has 3 atom stereocenters. The summed E-state index contributed by atoms with van der Waals surface area (Å²) < 4.78 is 11.5. The van der Waals surface area contributed by atoms with Crippen molar-refractivity contribution in [1.29, 1.82) is 0 Å². The van der Waals surface area contributed by atoms with Crippen molar-refractivity contribution in [2.24, 2.45) is 0 Å². The Labute approximate surface area is 79.2 Å². The van der Waals surface area contributed by atoms with Crippen molar-refractivity contribution < 1.29 is 9.47 Å². The van der Waals surface area contributed by atoms with E-state index in [1.165, 1.54) is 0 Å². The highest BCUT2D eigenvalue weighted by atomic mass is 16.5. The summed E-state index contributed by atoms with van der Waals surface area (Å²) in [5.41, 5.74) is 0. The van der Waals surface area contributed by atoms with E-state index in [0.717, 1.165) is 25.9 Å². The summed E-state index contributed by atoms with van der Waals surface area (Å²) in [6.45, 7) is 4.63. The Morgan fingerprint density at radius 1 is 1.38 bits per heavy atom. The van der Waals surface area contributed by atoms with Gasteiger partial charge in [0, 0.05) is 6.61 Å². The molecule has 2 aliphatic rings. The van der Waals surface area contributed by atoms with Gasteiger partial charge in [0.1, 0.15) is 0 Å². The third-order valence-corrected chi connectivity index (χ3v) is 2.64. The Balaban J connectivity index is 2.03. The lowest BCUT2D eigenvalue weighted by Crippen LogP contribution is -2.36. The van der Waals surface area contributed by atoms with Gasteiger partial charge in [-0.2, -0.15) is 0 Å². The number of hydrogen-bond donors (Lipinski definition) is 0. The molecule has 2 nitrogen and oxygen atoms in total. The van der Waals surface area contributed by atoms with Crippen LogP contribution in [0, 0.1) is 0 Å². The highest BCUT2D eigenvalue weighted by molar-refractivity contribution is 5.04. The highest BCUT2D eigenvalue weighted by Crippen LogP contribution is 2.24. The van der Waals surface area contributed by atoms with Gasteiger partial charge < -0.3 is 9.47 Å². The maximum atomic E-state index is 5.83. The summed E-state index contributed by atoms with van der Waals surface area (Å²) in [4.78, 5) is 0. The van der Waals surface area contributed by atoms with Crippen LogP contribution in [0.4, 0.5) is 0 Å². The monoisotopic (exact) mass is 180 g/mol. The first-order valence-electron chi connectivity index (χ1n) is 4.96. The topological polar surface area (TPSA) is 18.5 Å². The zero-order chi connectivity index (χ0) is 9.10. The number of rotatable bonds is 1. The molecule has 2 aliphatic heterocycles. The van der Waals surface area contributed by atoms with Crippen LogP contribution in [0.3, 0.4) is 0 Å². The van der Waals surface area contributed by atoms with E-state index in [-0.39, 0.29) is 18.3 Å². The Morgan fingerprint density at radius 2 is 2.31 bits per heavy atom. The minimum absolute atomic E-state index is 0.0803. The highest BCUT2D eigenvalue weighted by Gasteiger charge is 2.28. The maximum Gasteiger partial charge on any atom is 0.0940 e. The second-order valence-electron chi connectivity index (χ2n) is 3.59. The summed E-state index contributed by atoms with van der Waals surface area (Å²) >= 11 is 0. The maximum absolute atomic E-state index is 5.83. The molecule has 2 rings (SSSR count). The van der Waals surface area contributed by atoms with E-state index < -0.39 is 0 Å². The third-order valence-electron chi connectivity index (χ3n) is 2.64. The zero-order valence-electron chi connectivity index (χ0n) is 7.82. The van der Waals surface area contributed by atoms with E-state index in [9.17, 15) is 0 Å². The van der Waals surface area contributed by atoms with E-state index in [2.05, 4.69) is 18.7 Å². The third kappa shape index (κ3) is 2.01. The second kappa shape index (κ2) is 4.07. The second-order valence-corrected chi connectivity index (χ2v) is 3.59. The van der Waals surface area contributed by atoms with Crippen LogP contribution in [0.1, 0.15) is 19.3 Å². The molecule has 72 valence electrons. The molecule has 0 N–H and O–H groups in total. The van der Waals surface area contributed by atoms with Crippen molar-refractivity contribution in [1.82, 2.24) is 0 Å². The average molecular weight is 180 g/mol. The standard InChI is InChI=1S/C11H16O2/c1-2-9-5-3-6-10-11(13-9)7-4-8-12-10/h2-3,5,9-11H,1,4,6-8H2/t9-,10-,11+/m1/s1. The number of fused-ring (bicyclic) bond motifs is 1. The fourth-order valence-corrected chi connectivity index (χ4v) is 1.92. The molecule has 2 heteroatoms. The van der Waals surface area contributed by atoms with Gasteiger partial charge in [-0.15, -0.1) is 6.58 Å². The van der Waals surface area contributed by atoms with Crippen LogP contribution < -0.4 is 0 Å². The van der Waals surface area contributed by atoms with Gasteiger partial charge in [0.2, 0.25) is 0 Å². The lowest BCUT2D eigenvalue weighted by Gasteiger charge is -2.30. The molecule has 0 aliphatic carbocycles. The van der Waals surface area contributed by atoms with Crippen molar-refractivity contribution in [3.05, 3.63) is 24.8 Å². The van der Waals surface area contributed by atoms with Crippen LogP contribution in [0.2, 0.25) is 0 Å². The van der Waals surface area contributed by atoms with E-state index in [4.69, 9.17) is 9.47 Å². The molecule has 0 unspecified atom stereocenters. The van der Waals surface area contributed by atoms with Crippen molar-refractivity contribution in [3.8, 4) is 0 Å². The van der Waals surface area contributed by atoms with Gasteiger partial charge in [0.05, 0.1) is 18.3 Å².